The number of anilines is 1. The van der Waals surface area contributed by atoms with Crippen LogP contribution in [-0.4, -0.2) is 119 Å². The van der Waals surface area contributed by atoms with Gasteiger partial charge in [-0.1, -0.05) is 11.3 Å². The molecular formula is C37H45FN8O5. The minimum Gasteiger partial charge on any atom is -0.496 e. The summed E-state index contributed by atoms with van der Waals surface area (Å²) >= 11 is 0. The van der Waals surface area contributed by atoms with Crippen LogP contribution < -0.4 is 9.64 Å². The van der Waals surface area contributed by atoms with E-state index < -0.39 is 11.4 Å². The standard InChI is InChI=1S/C37H45FN8O5/c1-37(2,3)51-36(49)44-18-16-43(17-19-44)25-9-10-26(31(20-25)50-6)28-21-27(33(38)34-29(28)22-30(40-34)35(48)42(4)5)24-8-7-13-45(23-24)32(47)11-14-46-15-12-39-41-46/h8-10,12,15,20-22,40H,7,11,13-14,16-19,23H2,1-6H3. The summed E-state index contributed by atoms with van der Waals surface area (Å²) in [4.78, 5) is 49.0. The predicted molar refractivity (Wildman–Crippen MR) is 192 cm³/mol. The lowest BCUT2D eigenvalue weighted by atomic mass is 9.92. The number of carbonyl (C=O) groups is 3. The highest BCUT2D eigenvalue weighted by Crippen LogP contribution is 2.41. The Kier molecular flexibility index (Phi) is 10.0. The molecule has 0 radical (unpaired) electrons. The lowest BCUT2D eigenvalue weighted by molar-refractivity contribution is -0.131. The minimum atomic E-state index is -0.563. The van der Waals surface area contributed by atoms with E-state index in [0.29, 0.717) is 73.5 Å². The first kappa shape index (κ1) is 35.4. The van der Waals surface area contributed by atoms with Crippen LogP contribution in [-0.2, 0) is 16.1 Å². The van der Waals surface area contributed by atoms with Crippen LogP contribution in [0.15, 0.2) is 48.8 Å². The molecule has 0 bridgehead atoms. The van der Waals surface area contributed by atoms with Gasteiger partial charge in [0, 0.05) is 94.2 Å². The van der Waals surface area contributed by atoms with E-state index in [1.807, 2.05) is 45.0 Å². The number of benzene rings is 2. The van der Waals surface area contributed by atoms with Gasteiger partial charge in [-0.15, -0.1) is 5.10 Å². The third-order valence-electron chi connectivity index (χ3n) is 9.14. The van der Waals surface area contributed by atoms with Crippen LogP contribution in [0.25, 0.3) is 27.6 Å². The molecule has 4 heterocycles. The summed E-state index contributed by atoms with van der Waals surface area (Å²) in [6, 6.07) is 9.35. The fourth-order valence-electron chi connectivity index (χ4n) is 6.52. The Morgan fingerprint density at radius 3 is 2.41 bits per heavy atom. The molecule has 1 saturated heterocycles. The first-order valence-corrected chi connectivity index (χ1v) is 17.1. The molecule has 1 fully saturated rings. The third kappa shape index (κ3) is 7.69. The van der Waals surface area contributed by atoms with Crippen LogP contribution >= 0.6 is 0 Å². The summed E-state index contributed by atoms with van der Waals surface area (Å²) in [5.74, 6) is -0.258. The molecule has 2 aliphatic rings. The van der Waals surface area contributed by atoms with E-state index in [1.54, 1.807) is 60.2 Å². The zero-order valence-corrected chi connectivity index (χ0v) is 30.0. The van der Waals surface area contributed by atoms with Crippen molar-refractivity contribution in [3.63, 3.8) is 0 Å². The highest BCUT2D eigenvalue weighted by Gasteiger charge is 2.28. The lowest BCUT2D eigenvalue weighted by Gasteiger charge is -2.37. The van der Waals surface area contributed by atoms with E-state index in [2.05, 4.69) is 20.2 Å². The van der Waals surface area contributed by atoms with Gasteiger partial charge >= 0.3 is 6.09 Å². The molecule has 3 amide bonds. The summed E-state index contributed by atoms with van der Waals surface area (Å²) in [6.07, 6.45) is 5.75. The molecule has 13 nitrogen and oxygen atoms in total. The van der Waals surface area contributed by atoms with Crippen molar-refractivity contribution in [2.45, 2.75) is 45.8 Å². The van der Waals surface area contributed by atoms with Crippen LogP contribution in [0.4, 0.5) is 14.9 Å². The van der Waals surface area contributed by atoms with Gasteiger partial charge in [-0.3, -0.25) is 14.3 Å². The normalized spacial score (nSPS) is 15.2. The highest BCUT2D eigenvalue weighted by atomic mass is 19.1. The molecule has 1 N–H and O–H groups in total. The number of piperazine rings is 1. The van der Waals surface area contributed by atoms with Gasteiger partial charge in [0.15, 0.2) is 5.82 Å². The van der Waals surface area contributed by atoms with E-state index in [1.165, 1.54) is 4.90 Å². The summed E-state index contributed by atoms with van der Waals surface area (Å²) in [5.41, 5.74) is 3.26. The second kappa shape index (κ2) is 14.4. The van der Waals surface area contributed by atoms with E-state index in [4.69, 9.17) is 9.47 Å². The SMILES string of the molecule is COc1cc(N2CCN(C(=O)OC(C)(C)C)CC2)ccc1-c1cc(C2=CCCN(C(=O)CCn3ccnn3)C2)c(F)c2[nH]c(C(=O)N(C)C)cc12. The number of carbonyl (C=O) groups excluding carboxylic acids is 3. The summed E-state index contributed by atoms with van der Waals surface area (Å²) in [7, 11) is 4.88. The number of hydrogen-bond donors (Lipinski definition) is 1. The number of ether oxygens (including phenoxy) is 2. The Bertz CT molecular complexity index is 1960. The Morgan fingerprint density at radius 1 is 0.980 bits per heavy atom. The lowest BCUT2D eigenvalue weighted by Crippen LogP contribution is -2.50. The number of fused-ring (bicyclic) bond motifs is 1. The van der Waals surface area contributed by atoms with Gasteiger partial charge in [0.1, 0.15) is 17.0 Å². The number of aromatic nitrogens is 4. The monoisotopic (exact) mass is 700 g/mol. The Hall–Kier alpha value is -5.40. The number of aromatic amines is 1. The maximum Gasteiger partial charge on any atom is 0.410 e. The molecule has 2 aliphatic heterocycles. The zero-order valence-electron chi connectivity index (χ0n) is 30.0. The van der Waals surface area contributed by atoms with Crippen molar-refractivity contribution in [1.29, 1.82) is 0 Å². The summed E-state index contributed by atoms with van der Waals surface area (Å²) in [5, 5.41) is 8.27. The summed E-state index contributed by atoms with van der Waals surface area (Å²) < 4.78 is 29.7. The topological polar surface area (TPSA) is 129 Å². The number of hydrogen-bond acceptors (Lipinski definition) is 8. The van der Waals surface area contributed by atoms with Gasteiger partial charge in [-0.2, -0.15) is 0 Å². The van der Waals surface area contributed by atoms with Gasteiger partial charge in [0.2, 0.25) is 5.91 Å². The Balaban J connectivity index is 1.32. The van der Waals surface area contributed by atoms with Crippen molar-refractivity contribution in [3.05, 3.63) is 65.9 Å². The maximum absolute atomic E-state index is 16.6. The minimum absolute atomic E-state index is 0.0549. The number of rotatable bonds is 8. The van der Waals surface area contributed by atoms with Crippen molar-refractivity contribution in [2.75, 3.05) is 65.4 Å². The number of methoxy groups -OCH3 is 1. The highest BCUT2D eigenvalue weighted by molar-refractivity contribution is 6.05. The van der Waals surface area contributed by atoms with Crippen molar-refractivity contribution >= 4 is 40.1 Å². The first-order valence-electron chi connectivity index (χ1n) is 17.1. The van der Waals surface area contributed by atoms with Crippen LogP contribution in [0.5, 0.6) is 5.75 Å². The molecule has 6 rings (SSSR count). The average Bonchev–Trinajstić information content (AvgIpc) is 3.81. The van der Waals surface area contributed by atoms with Gasteiger partial charge < -0.3 is 34.1 Å². The number of nitrogens with zero attached hydrogens (tertiary/aromatic N) is 7. The molecule has 2 aromatic heterocycles. The van der Waals surface area contributed by atoms with Crippen LogP contribution in [0.3, 0.4) is 0 Å². The molecule has 51 heavy (non-hydrogen) atoms. The quantitative estimate of drug-likeness (QED) is 0.271. The van der Waals surface area contributed by atoms with Gasteiger partial charge in [-0.05, 0) is 62.6 Å². The number of nitrogens with one attached hydrogen (secondary N) is 1. The van der Waals surface area contributed by atoms with Crippen LogP contribution in [0.2, 0.25) is 0 Å². The molecule has 0 atom stereocenters. The number of amides is 3. The Labute approximate surface area is 296 Å². The Morgan fingerprint density at radius 2 is 1.75 bits per heavy atom. The number of H-pyrrole nitrogens is 1. The molecule has 0 spiro atoms. The van der Waals surface area contributed by atoms with Gasteiger partial charge in [0.25, 0.3) is 5.91 Å². The molecule has 4 aromatic rings. The fraction of sp³-hybridized carbons (Fsp3) is 0.432. The van der Waals surface area contributed by atoms with Crippen molar-refractivity contribution in [1.82, 2.24) is 34.7 Å². The molecule has 0 unspecified atom stereocenters. The van der Waals surface area contributed by atoms with E-state index >= 15 is 4.39 Å². The molecule has 0 aliphatic carbocycles. The molecule has 0 saturated carbocycles. The first-order chi connectivity index (χ1) is 24.3. The zero-order chi connectivity index (χ0) is 36.4. The largest absolute Gasteiger partial charge is 0.496 e. The predicted octanol–water partition coefficient (Wildman–Crippen LogP) is 5.04. The van der Waals surface area contributed by atoms with Crippen LogP contribution in [0, 0.1) is 5.82 Å². The van der Waals surface area contributed by atoms with E-state index in [9.17, 15) is 14.4 Å². The second-order valence-corrected chi connectivity index (χ2v) is 14.0. The van der Waals surface area contributed by atoms with Crippen molar-refractivity contribution in [2.24, 2.45) is 0 Å². The second-order valence-electron chi connectivity index (χ2n) is 14.0. The molecule has 270 valence electrons. The summed E-state index contributed by atoms with van der Waals surface area (Å²) in [6.45, 7) is 9.00. The smallest absolute Gasteiger partial charge is 0.410 e. The van der Waals surface area contributed by atoms with Crippen molar-refractivity contribution in [3.8, 4) is 16.9 Å². The van der Waals surface area contributed by atoms with Gasteiger partial charge in [0.05, 0.1) is 25.4 Å². The molecule has 14 heteroatoms. The van der Waals surface area contributed by atoms with Crippen molar-refractivity contribution < 1.29 is 28.2 Å². The number of halogens is 1. The molecular weight excluding hydrogens is 655 g/mol. The maximum atomic E-state index is 16.6. The third-order valence-corrected chi connectivity index (χ3v) is 9.14. The van der Waals surface area contributed by atoms with E-state index in [-0.39, 0.29) is 42.1 Å². The van der Waals surface area contributed by atoms with E-state index in [0.717, 1.165) is 11.3 Å². The number of aryl methyl sites for hydroxylation is 1. The average molecular weight is 701 g/mol. The van der Waals surface area contributed by atoms with Gasteiger partial charge in [-0.25, -0.2) is 9.18 Å². The van der Waals surface area contributed by atoms with Crippen LogP contribution in [0.1, 0.15) is 49.7 Å². The molecule has 2 aromatic carbocycles. The fourth-order valence-corrected chi connectivity index (χ4v) is 6.52.